The van der Waals surface area contributed by atoms with Crippen LogP contribution in [0.15, 0.2) is 18.2 Å². The summed E-state index contributed by atoms with van der Waals surface area (Å²) in [6.07, 6.45) is 1.90. The van der Waals surface area contributed by atoms with Gasteiger partial charge in [0.25, 0.3) is 10.2 Å². The topological polar surface area (TPSA) is 53.1 Å². The minimum atomic E-state index is -3.31. The number of hydrogen-bond acceptors (Lipinski definition) is 4. The molecular weight excluding hydrogens is 333 g/mol. The lowest BCUT2D eigenvalue weighted by atomic mass is 10.1. The predicted octanol–water partition coefficient (Wildman–Crippen LogP) is 1.29. The molecule has 3 rings (SSSR count). The van der Waals surface area contributed by atoms with E-state index in [1.807, 2.05) is 0 Å². The Morgan fingerprint density at radius 2 is 1.67 bits per heavy atom. The van der Waals surface area contributed by atoms with Gasteiger partial charge in [0.1, 0.15) is 11.6 Å². The van der Waals surface area contributed by atoms with Crippen molar-refractivity contribution in [1.82, 2.24) is 13.5 Å². The smallest absolute Gasteiger partial charge is 0.282 e. The highest BCUT2D eigenvalue weighted by Crippen LogP contribution is 2.23. The zero-order valence-corrected chi connectivity index (χ0v) is 14.8. The summed E-state index contributed by atoms with van der Waals surface area (Å²) < 4.78 is 46.8. The normalized spacial score (nSPS) is 21.2. The molecule has 1 aromatic rings. The first-order chi connectivity index (χ1) is 11.5. The highest BCUT2D eigenvalue weighted by molar-refractivity contribution is 7.86. The Balaban J connectivity index is 1.59. The Bertz CT molecular complexity index is 669. The number of rotatable bonds is 5. The number of piperazine rings is 1. The van der Waals surface area contributed by atoms with Gasteiger partial charge in [0.2, 0.25) is 0 Å². The Morgan fingerprint density at radius 1 is 1.04 bits per heavy atom. The maximum atomic E-state index is 13.3. The van der Waals surface area contributed by atoms with Gasteiger partial charge in [-0.15, -0.1) is 0 Å². The maximum absolute atomic E-state index is 13.3. The molecule has 0 aromatic heterocycles. The SMILES string of the molecule is COc1cc(F)ccc1CN1CCN(S(=O)(=O)N2CCCC2)CC1. The Hall–Kier alpha value is -1.22. The fraction of sp³-hybridized carbons (Fsp3) is 0.625. The molecule has 0 amide bonds. The summed E-state index contributed by atoms with van der Waals surface area (Å²) in [5, 5.41) is 0. The molecule has 2 saturated heterocycles. The molecule has 134 valence electrons. The lowest BCUT2D eigenvalue weighted by Crippen LogP contribution is -2.52. The minimum Gasteiger partial charge on any atom is -0.496 e. The third kappa shape index (κ3) is 3.72. The van der Waals surface area contributed by atoms with Gasteiger partial charge in [-0.05, 0) is 18.9 Å². The molecule has 6 nitrogen and oxygen atoms in total. The first kappa shape index (κ1) is 17.6. The summed E-state index contributed by atoms with van der Waals surface area (Å²) in [6, 6.07) is 4.52. The van der Waals surface area contributed by atoms with Gasteiger partial charge in [0, 0.05) is 57.4 Å². The van der Waals surface area contributed by atoms with Crippen LogP contribution in [0, 0.1) is 5.82 Å². The largest absolute Gasteiger partial charge is 0.496 e. The van der Waals surface area contributed by atoms with Crippen LogP contribution in [0.4, 0.5) is 4.39 Å². The van der Waals surface area contributed by atoms with Gasteiger partial charge in [-0.1, -0.05) is 6.07 Å². The molecule has 0 bridgehead atoms. The van der Waals surface area contributed by atoms with Crippen molar-refractivity contribution in [2.24, 2.45) is 0 Å². The van der Waals surface area contributed by atoms with E-state index in [0.29, 0.717) is 51.6 Å². The lowest BCUT2D eigenvalue weighted by molar-refractivity contribution is 0.174. The van der Waals surface area contributed by atoms with Crippen molar-refractivity contribution < 1.29 is 17.5 Å². The van der Waals surface area contributed by atoms with E-state index in [-0.39, 0.29) is 5.82 Å². The summed E-state index contributed by atoms with van der Waals surface area (Å²) in [7, 11) is -1.78. The molecular formula is C16H24FN3O3S. The van der Waals surface area contributed by atoms with Crippen molar-refractivity contribution in [3.63, 3.8) is 0 Å². The van der Waals surface area contributed by atoms with E-state index < -0.39 is 10.2 Å². The Labute approximate surface area is 143 Å². The number of methoxy groups -OCH3 is 1. The Morgan fingerprint density at radius 3 is 2.29 bits per heavy atom. The number of halogens is 1. The van der Waals surface area contributed by atoms with Crippen molar-refractivity contribution in [2.45, 2.75) is 19.4 Å². The van der Waals surface area contributed by atoms with Gasteiger partial charge < -0.3 is 4.74 Å². The summed E-state index contributed by atoms with van der Waals surface area (Å²) in [4.78, 5) is 2.17. The molecule has 2 aliphatic rings. The van der Waals surface area contributed by atoms with Crippen LogP contribution in [-0.2, 0) is 16.8 Å². The molecule has 0 atom stereocenters. The minimum absolute atomic E-state index is 0.322. The lowest BCUT2D eigenvalue weighted by Gasteiger charge is -2.35. The molecule has 0 unspecified atom stereocenters. The van der Waals surface area contributed by atoms with Crippen molar-refractivity contribution in [1.29, 1.82) is 0 Å². The summed E-state index contributed by atoms with van der Waals surface area (Å²) >= 11 is 0. The van der Waals surface area contributed by atoms with Gasteiger partial charge >= 0.3 is 0 Å². The summed E-state index contributed by atoms with van der Waals surface area (Å²) in [5.74, 6) is 0.208. The molecule has 2 heterocycles. The molecule has 2 aliphatic heterocycles. The standard InChI is InChI=1S/C16H24FN3O3S/c1-23-16-12-15(17)5-4-14(16)13-18-8-10-20(11-9-18)24(21,22)19-6-2-3-7-19/h4-5,12H,2-3,6-11,13H2,1H3. The molecule has 8 heteroatoms. The van der Waals surface area contributed by atoms with E-state index in [1.165, 1.54) is 19.2 Å². The van der Waals surface area contributed by atoms with E-state index in [1.54, 1.807) is 14.7 Å². The first-order valence-electron chi connectivity index (χ1n) is 8.31. The van der Waals surface area contributed by atoms with Gasteiger partial charge in [0.05, 0.1) is 7.11 Å². The highest BCUT2D eigenvalue weighted by atomic mass is 32.2. The fourth-order valence-corrected chi connectivity index (χ4v) is 4.96. The van der Waals surface area contributed by atoms with Gasteiger partial charge in [0.15, 0.2) is 0 Å². The van der Waals surface area contributed by atoms with E-state index in [0.717, 1.165) is 18.4 Å². The van der Waals surface area contributed by atoms with E-state index in [4.69, 9.17) is 4.74 Å². The van der Waals surface area contributed by atoms with E-state index in [9.17, 15) is 12.8 Å². The molecule has 0 saturated carbocycles. The van der Waals surface area contributed by atoms with E-state index in [2.05, 4.69) is 4.90 Å². The highest BCUT2D eigenvalue weighted by Gasteiger charge is 2.33. The van der Waals surface area contributed by atoms with Crippen LogP contribution < -0.4 is 4.74 Å². The number of benzene rings is 1. The molecule has 0 aliphatic carbocycles. The average molecular weight is 357 g/mol. The van der Waals surface area contributed by atoms with Crippen molar-refractivity contribution in [2.75, 3.05) is 46.4 Å². The van der Waals surface area contributed by atoms with Crippen LogP contribution in [0.25, 0.3) is 0 Å². The third-order valence-electron chi connectivity index (χ3n) is 4.69. The maximum Gasteiger partial charge on any atom is 0.282 e. The van der Waals surface area contributed by atoms with Crippen molar-refractivity contribution in [3.05, 3.63) is 29.6 Å². The van der Waals surface area contributed by atoms with Gasteiger partial charge in [-0.2, -0.15) is 17.0 Å². The van der Waals surface area contributed by atoms with Crippen LogP contribution in [0.5, 0.6) is 5.75 Å². The second-order valence-corrected chi connectivity index (χ2v) is 8.17. The average Bonchev–Trinajstić information content (AvgIpc) is 3.12. The Kier molecular flexibility index (Phi) is 5.39. The first-order valence-corrected chi connectivity index (χ1v) is 9.70. The quantitative estimate of drug-likeness (QED) is 0.797. The van der Waals surface area contributed by atoms with Crippen LogP contribution in [0.1, 0.15) is 18.4 Å². The number of nitrogens with zero attached hydrogens (tertiary/aromatic N) is 3. The molecule has 0 N–H and O–H groups in total. The van der Waals surface area contributed by atoms with Crippen molar-refractivity contribution in [3.8, 4) is 5.75 Å². The molecule has 1 aromatic carbocycles. The van der Waals surface area contributed by atoms with Crippen LogP contribution in [0.3, 0.4) is 0 Å². The monoisotopic (exact) mass is 357 g/mol. The molecule has 2 fully saturated rings. The van der Waals surface area contributed by atoms with Crippen molar-refractivity contribution >= 4 is 10.2 Å². The van der Waals surface area contributed by atoms with Gasteiger partial charge in [-0.25, -0.2) is 4.39 Å². The number of ether oxygens (including phenoxy) is 1. The van der Waals surface area contributed by atoms with Crippen LogP contribution in [0.2, 0.25) is 0 Å². The molecule has 0 radical (unpaired) electrons. The van der Waals surface area contributed by atoms with Crippen LogP contribution >= 0.6 is 0 Å². The molecule has 0 spiro atoms. The second-order valence-electron chi connectivity index (χ2n) is 6.25. The van der Waals surface area contributed by atoms with Crippen LogP contribution in [-0.4, -0.2) is 68.3 Å². The van der Waals surface area contributed by atoms with E-state index >= 15 is 0 Å². The summed E-state index contributed by atoms with van der Waals surface area (Å²) in [5.41, 5.74) is 0.912. The predicted molar refractivity (Wildman–Crippen MR) is 89.5 cm³/mol. The second kappa shape index (κ2) is 7.35. The molecule has 24 heavy (non-hydrogen) atoms. The summed E-state index contributed by atoms with van der Waals surface area (Å²) in [6.45, 7) is 4.19. The number of hydrogen-bond donors (Lipinski definition) is 0. The zero-order valence-electron chi connectivity index (χ0n) is 13.9. The third-order valence-corrected chi connectivity index (χ3v) is 6.73. The fourth-order valence-electron chi connectivity index (χ4n) is 3.29. The zero-order chi connectivity index (χ0) is 17.2. The van der Waals surface area contributed by atoms with Gasteiger partial charge in [-0.3, -0.25) is 4.90 Å².